The van der Waals surface area contributed by atoms with Crippen LogP contribution in [0.25, 0.3) is 0 Å². The maximum Gasteiger partial charge on any atom is 0.259 e. The van der Waals surface area contributed by atoms with Crippen molar-refractivity contribution in [3.8, 4) is 5.75 Å². The van der Waals surface area contributed by atoms with Crippen molar-refractivity contribution in [1.29, 1.82) is 0 Å². The lowest BCUT2D eigenvalue weighted by Gasteiger charge is -2.05. The van der Waals surface area contributed by atoms with E-state index in [-0.39, 0.29) is 18.2 Å². The zero-order valence-corrected chi connectivity index (χ0v) is 15.6. The summed E-state index contributed by atoms with van der Waals surface area (Å²) in [5.74, 6) is -0.268. The number of hydrazone groups is 1. The van der Waals surface area contributed by atoms with Crippen molar-refractivity contribution >= 4 is 61.3 Å². The smallest absolute Gasteiger partial charge is 0.259 e. The first-order valence-corrected chi connectivity index (χ1v) is 8.41. The molecule has 1 amide bonds. The van der Waals surface area contributed by atoms with Crippen molar-refractivity contribution in [2.45, 2.75) is 0 Å². The standard InChI is InChI=1S/C15H12Br2ClN3O2/c16-10-5-9(15(23)13(17)6-10)7-20-21-14(22)8-19-12-3-1-11(18)2-4-12/h1-7,19,23H,8H2,(H,21,22)/b20-7+. The van der Waals surface area contributed by atoms with E-state index in [9.17, 15) is 9.90 Å². The first kappa shape index (κ1) is 17.8. The van der Waals surface area contributed by atoms with Gasteiger partial charge >= 0.3 is 0 Å². The number of amides is 1. The van der Waals surface area contributed by atoms with Crippen molar-refractivity contribution < 1.29 is 9.90 Å². The fourth-order valence-corrected chi connectivity index (χ4v) is 3.03. The maximum absolute atomic E-state index is 11.7. The lowest BCUT2D eigenvalue weighted by Crippen LogP contribution is -2.25. The van der Waals surface area contributed by atoms with E-state index in [1.165, 1.54) is 6.21 Å². The number of phenolic OH excluding ortho intramolecular Hbond substituents is 1. The average molecular weight is 462 g/mol. The molecular formula is C15H12Br2ClN3O2. The number of carbonyl (C=O) groups is 1. The summed E-state index contributed by atoms with van der Waals surface area (Å²) >= 11 is 12.3. The highest BCUT2D eigenvalue weighted by Crippen LogP contribution is 2.30. The Morgan fingerprint density at radius 2 is 1.96 bits per heavy atom. The predicted molar refractivity (Wildman–Crippen MR) is 99.2 cm³/mol. The number of halogens is 3. The molecule has 0 saturated carbocycles. The van der Waals surface area contributed by atoms with Crippen LogP contribution < -0.4 is 10.7 Å². The Morgan fingerprint density at radius 3 is 2.65 bits per heavy atom. The summed E-state index contributed by atoms with van der Waals surface area (Å²) in [5.41, 5.74) is 3.63. The molecule has 0 fully saturated rings. The molecule has 0 unspecified atom stereocenters. The Kier molecular flexibility index (Phi) is 6.44. The van der Waals surface area contributed by atoms with E-state index in [2.05, 4.69) is 47.7 Å². The van der Waals surface area contributed by atoms with Crippen molar-refractivity contribution in [3.05, 3.63) is 55.9 Å². The van der Waals surface area contributed by atoms with E-state index >= 15 is 0 Å². The number of phenols is 1. The van der Waals surface area contributed by atoms with Crippen LogP contribution in [0.4, 0.5) is 5.69 Å². The molecule has 2 aromatic carbocycles. The molecular weight excluding hydrogens is 449 g/mol. The number of hydrogen-bond donors (Lipinski definition) is 3. The molecule has 0 aliphatic carbocycles. The molecule has 0 spiro atoms. The highest BCUT2D eigenvalue weighted by atomic mass is 79.9. The van der Waals surface area contributed by atoms with E-state index in [0.717, 1.165) is 10.2 Å². The van der Waals surface area contributed by atoms with Crippen molar-refractivity contribution in [2.24, 2.45) is 5.10 Å². The van der Waals surface area contributed by atoms with Crippen LogP contribution in [0, 0.1) is 0 Å². The SMILES string of the molecule is O=C(CNc1ccc(Cl)cc1)N/N=C/c1cc(Br)cc(Br)c1O. The molecule has 5 nitrogen and oxygen atoms in total. The van der Waals surface area contributed by atoms with E-state index in [1.54, 1.807) is 36.4 Å². The summed E-state index contributed by atoms with van der Waals surface area (Å²) in [4.78, 5) is 11.7. The van der Waals surface area contributed by atoms with Crippen molar-refractivity contribution in [3.63, 3.8) is 0 Å². The highest BCUT2D eigenvalue weighted by Gasteiger charge is 2.05. The van der Waals surface area contributed by atoms with Gasteiger partial charge in [-0.3, -0.25) is 4.79 Å². The lowest BCUT2D eigenvalue weighted by molar-refractivity contribution is -0.119. The van der Waals surface area contributed by atoms with Crippen LogP contribution in [-0.2, 0) is 4.79 Å². The first-order valence-electron chi connectivity index (χ1n) is 6.45. The number of rotatable bonds is 5. The van der Waals surface area contributed by atoms with Crippen LogP contribution >= 0.6 is 43.5 Å². The highest BCUT2D eigenvalue weighted by molar-refractivity contribution is 9.11. The quantitative estimate of drug-likeness (QED) is 0.463. The fourth-order valence-electron chi connectivity index (χ4n) is 1.65. The van der Waals surface area contributed by atoms with Gasteiger partial charge in [0.1, 0.15) is 5.75 Å². The number of nitrogens with zero attached hydrogens (tertiary/aromatic N) is 1. The Balaban J connectivity index is 1.88. The number of carbonyl (C=O) groups excluding carboxylic acids is 1. The second kappa shape index (κ2) is 8.33. The van der Waals surface area contributed by atoms with Gasteiger partial charge in [0.15, 0.2) is 0 Å². The summed E-state index contributed by atoms with van der Waals surface area (Å²) in [5, 5.41) is 17.3. The minimum Gasteiger partial charge on any atom is -0.506 e. The molecule has 8 heteroatoms. The molecule has 3 N–H and O–H groups in total. The van der Waals surface area contributed by atoms with Crippen LogP contribution in [0.2, 0.25) is 5.02 Å². The van der Waals surface area contributed by atoms with E-state index in [1.807, 2.05) is 0 Å². The Morgan fingerprint density at radius 1 is 1.26 bits per heavy atom. The molecule has 2 aromatic rings. The monoisotopic (exact) mass is 459 g/mol. The number of aromatic hydroxyl groups is 1. The summed E-state index contributed by atoms with van der Waals surface area (Å²) in [6.07, 6.45) is 1.37. The lowest BCUT2D eigenvalue weighted by atomic mass is 10.2. The van der Waals surface area contributed by atoms with Crippen molar-refractivity contribution in [2.75, 3.05) is 11.9 Å². The second-order valence-corrected chi connectivity index (χ2v) is 6.69. The Bertz CT molecular complexity index is 736. The summed E-state index contributed by atoms with van der Waals surface area (Å²) in [6.45, 7) is 0.0626. The van der Waals surface area contributed by atoms with Gasteiger partial charge in [-0.05, 0) is 52.3 Å². The number of hydrogen-bond acceptors (Lipinski definition) is 4. The first-order chi connectivity index (χ1) is 11.0. The molecule has 23 heavy (non-hydrogen) atoms. The van der Waals surface area contributed by atoms with E-state index < -0.39 is 0 Å². The number of benzene rings is 2. The van der Waals surface area contributed by atoms with Gasteiger partial charge in [-0.15, -0.1) is 0 Å². The molecule has 0 aliphatic heterocycles. The third-order valence-electron chi connectivity index (χ3n) is 2.75. The van der Waals surface area contributed by atoms with E-state index in [4.69, 9.17) is 11.6 Å². The zero-order valence-electron chi connectivity index (χ0n) is 11.7. The van der Waals surface area contributed by atoms with Gasteiger partial charge in [0.05, 0.1) is 17.2 Å². The van der Waals surface area contributed by atoms with Gasteiger partial charge in [-0.1, -0.05) is 27.5 Å². The minimum atomic E-state index is -0.315. The molecule has 0 radical (unpaired) electrons. The van der Waals surface area contributed by atoms with Crippen LogP contribution in [0.15, 0.2) is 50.4 Å². The van der Waals surface area contributed by atoms with Gasteiger partial charge < -0.3 is 10.4 Å². The van der Waals surface area contributed by atoms with Crippen LogP contribution in [0.3, 0.4) is 0 Å². The largest absolute Gasteiger partial charge is 0.506 e. The second-order valence-electron chi connectivity index (χ2n) is 4.48. The molecule has 0 aromatic heterocycles. The van der Waals surface area contributed by atoms with Gasteiger partial charge in [-0.2, -0.15) is 5.10 Å². The fraction of sp³-hybridized carbons (Fsp3) is 0.0667. The van der Waals surface area contributed by atoms with Crippen LogP contribution in [-0.4, -0.2) is 23.8 Å². The molecule has 0 saturated heterocycles. The Labute approximate surface area is 155 Å². The van der Waals surface area contributed by atoms with Gasteiger partial charge in [0, 0.05) is 20.7 Å². The molecule has 2 rings (SSSR count). The third kappa shape index (κ3) is 5.53. The number of anilines is 1. The molecule has 120 valence electrons. The summed E-state index contributed by atoms with van der Waals surface area (Å²) in [6, 6.07) is 10.4. The molecule has 0 atom stereocenters. The molecule has 0 heterocycles. The molecule has 0 bridgehead atoms. The van der Waals surface area contributed by atoms with Gasteiger partial charge in [0.25, 0.3) is 5.91 Å². The van der Waals surface area contributed by atoms with Gasteiger partial charge in [-0.25, -0.2) is 5.43 Å². The predicted octanol–water partition coefficient (Wildman–Crippen LogP) is 4.13. The normalized spacial score (nSPS) is 10.7. The zero-order chi connectivity index (χ0) is 16.8. The van der Waals surface area contributed by atoms with E-state index in [0.29, 0.717) is 15.1 Å². The van der Waals surface area contributed by atoms with Gasteiger partial charge in [0.2, 0.25) is 0 Å². The Hall–Kier alpha value is -1.57. The average Bonchev–Trinajstić information content (AvgIpc) is 2.51. The maximum atomic E-state index is 11.7. The van der Waals surface area contributed by atoms with Crippen molar-refractivity contribution in [1.82, 2.24) is 5.43 Å². The third-order valence-corrected chi connectivity index (χ3v) is 4.06. The van der Waals surface area contributed by atoms with Crippen LogP contribution in [0.5, 0.6) is 5.75 Å². The minimum absolute atomic E-state index is 0.0467. The molecule has 0 aliphatic rings. The number of nitrogens with one attached hydrogen (secondary N) is 2. The summed E-state index contributed by atoms with van der Waals surface area (Å²) in [7, 11) is 0. The summed E-state index contributed by atoms with van der Waals surface area (Å²) < 4.78 is 1.31. The topological polar surface area (TPSA) is 73.7 Å². The van der Waals surface area contributed by atoms with Crippen LogP contribution in [0.1, 0.15) is 5.56 Å².